The Morgan fingerprint density at radius 2 is 1.52 bits per heavy atom. The molecule has 0 aromatic heterocycles. The second-order valence-electron chi connectivity index (χ2n) is 8.23. The number of aliphatic hydroxyl groups is 1. The van der Waals surface area contributed by atoms with Crippen molar-refractivity contribution in [3.8, 4) is 0 Å². The van der Waals surface area contributed by atoms with Gasteiger partial charge in [0.2, 0.25) is 0 Å². The highest BCUT2D eigenvalue weighted by Gasteiger charge is 2.28. The molecule has 2 atom stereocenters. The fraction of sp³-hybridized carbons (Fsp3) is 0.462. The van der Waals surface area contributed by atoms with E-state index in [4.69, 9.17) is 14.6 Å². The molecule has 3 heteroatoms. The summed E-state index contributed by atoms with van der Waals surface area (Å²) in [5, 5.41) is 13.6. The number of unbranched alkanes of at least 4 members (excludes halogenated alkanes) is 3. The van der Waals surface area contributed by atoms with E-state index in [0.717, 1.165) is 32.5 Å². The molecule has 2 aliphatic rings. The zero-order valence-corrected chi connectivity index (χ0v) is 17.4. The van der Waals surface area contributed by atoms with E-state index in [1.807, 2.05) is 0 Å². The molecule has 2 saturated heterocycles. The van der Waals surface area contributed by atoms with Crippen LogP contribution in [0.2, 0.25) is 0 Å². The van der Waals surface area contributed by atoms with Gasteiger partial charge < -0.3 is 14.6 Å². The average Bonchev–Trinajstić information content (AvgIpc) is 3.66. The third-order valence-corrected chi connectivity index (χ3v) is 5.79. The highest BCUT2D eigenvalue weighted by atomic mass is 16.6. The van der Waals surface area contributed by atoms with E-state index in [1.54, 1.807) is 0 Å². The van der Waals surface area contributed by atoms with Gasteiger partial charge in [-0.05, 0) is 51.2 Å². The van der Waals surface area contributed by atoms with E-state index in [0.29, 0.717) is 18.8 Å². The first-order chi connectivity index (χ1) is 14.3. The molecule has 1 N–H and O–H groups in total. The van der Waals surface area contributed by atoms with Gasteiger partial charge in [0.25, 0.3) is 0 Å². The van der Waals surface area contributed by atoms with Gasteiger partial charge in [-0.3, -0.25) is 0 Å². The van der Waals surface area contributed by atoms with Crippen LogP contribution < -0.4 is 0 Å². The van der Waals surface area contributed by atoms with Gasteiger partial charge in [0.05, 0.1) is 25.4 Å². The number of hydrogen-bond acceptors (Lipinski definition) is 3. The Bertz CT molecular complexity index is 937. The minimum absolute atomic E-state index is 0.361. The van der Waals surface area contributed by atoms with Crippen molar-refractivity contribution in [2.45, 2.75) is 57.7 Å². The predicted octanol–water partition coefficient (Wildman–Crippen LogP) is 5.43. The molecule has 2 unspecified atom stereocenters. The van der Waals surface area contributed by atoms with Crippen molar-refractivity contribution >= 4 is 21.5 Å². The lowest BCUT2D eigenvalue weighted by Crippen LogP contribution is -2.03. The molecule has 3 aromatic rings. The third kappa shape index (κ3) is 5.57. The summed E-state index contributed by atoms with van der Waals surface area (Å²) in [6, 6.07) is 17.8. The van der Waals surface area contributed by atoms with Crippen molar-refractivity contribution in [3.05, 3.63) is 59.7 Å². The first-order valence-electron chi connectivity index (χ1n) is 11.1. The lowest BCUT2D eigenvalue weighted by Gasteiger charge is -2.13. The lowest BCUT2D eigenvalue weighted by atomic mass is 9.91. The SMILES string of the molecule is CCCCCCO.c1ccc2cc3c(CC4CO4)c(CC4CO4)ccc3cc2c1. The summed E-state index contributed by atoms with van der Waals surface area (Å²) in [5.74, 6) is 0. The van der Waals surface area contributed by atoms with Gasteiger partial charge in [-0.15, -0.1) is 0 Å². The van der Waals surface area contributed by atoms with Crippen LogP contribution in [0.4, 0.5) is 0 Å². The molecule has 154 valence electrons. The number of aliphatic hydroxyl groups excluding tert-OH is 1. The highest BCUT2D eigenvalue weighted by Crippen LogP contribution is 2.32. The maximum absolute atomic E-state index is 8.29. The summed E-state index contributed by atoms with van der Waals surface area (Å²) in [6.45, 7) is 4.34. The van der Waals surface area contributed by atoms with Gasteiger partial charge in [-0.25, -0.2) is 0 Å². The molecule has 0 aliphatic carbocycles. The summed E-state index contributed by atoms with van der Waals surface area (Å²) in [5.41, 5.74) is 2.89. The second kappa shape index (κ2) is 9.71. The Kier molecular flexibility index (Phi) is 6.81. The molecule has 29 heavy (non-hydrogen) atoms. The molecule has 3 nitrogen and oxygen atoms in total. The molecule has 3 aromatic carbocycles. The number of epoxide rings is 2. The number of rotatable bonds is 8. The summed E-state index contributed by atoms with van der Waals surface area (Å²) < 4.78 is 10.9. The Balaban J connectivity index is 0.000000255. The van der Waals surface area contributed by atoms with E-state index in [2.05, 4.69) is 55.5 Å². The van der Waals surface area contributed by atoms with Crippen molar-refractivity contribution in [1.82, 2.24) is 0 Å². The summed E-state index contributed by atoms with van der Waals surface area (Å²) in [6.07, 6.45) is 7.58. The second-order valence-corrected chi connectivity index (χ2v) is 8.23. The molecular weight excluding hydrogens is 360 g/mol. The number of fused-ring (bicyclic) bond motifs is 2. The van der Waals surface area contributed by atoms with Gasteiger partial charge in [0.1, 0.15) is 0 Å². The molecule has 0 bridgehead atoms. The first-order valence-corrected chi connectivity index (χ1v) is 11.1. The topological polar surface area (TPSA) is 45.3 Å². The standard InChI is InChI=1S/C20H18O2.C6H14O/c1-2-4-14-9-19-15(7-13(14)3-1)5-6-16(8-17-11-21-17)20(19)10-18-12-22-18;1-2-3-4-5-6-7/h1-7,9,17-18H,8,10-12H2;7H,2-6H2,1H3. The van der Waals surface area contributed by atoms with Crippen LogP contribution in [0.5, 0.6) is 0 Å². The van der Waals surface area contributed by atoms with Gasteiger partial charge >= 0.3 is 0 Å². The molecule has 0 saturated carbocycles. The zero-order chi connectivity index (χ0) is 20.1. The zero-order valence-electron chi connectivity index (χ0n) is 17.4. The van der Waals surface area contributed by atoms with E-state index in [1.165, 1.54) is 51.9 Å². The lowest BCUT2D eigenvalue weighted by molar-refractivity contribution is 0.283. The van der Waals surface area contributed by atoms with Crippen LogP contribution in [0.25, 0.3) is 21.5 Å². The van der Waals surface area contributed by atoms with Crippen molar-refractivity contribution in [3.63, 3.8) is 0 Å². The molecule has 0 amide bonds. The molecule has 0 radical (unpaired) electrons. The van der Waals surface area contributed by atoms with Crippen molar-refractivity contribution < 1.29 is 14.6 Å². The van der Waals surface area contributed by atoms with E-state index < -0.39 is 0 Å². The van der Waals surface area contributed by atoms with Crippen LogP contribution in [0, 0.1) is 0 Å². The summed E-state index contributed by atoms with van der Waals surface area (Å²) in [7, 11) is 0. The van der Waals surface area contributed by atoms with E-state index in [9.17, 15) is 0 Å². The fourth-order valence-electron chi connectivity index (χ4n) is 3.94. The van der Waals surface area contributed by atoms with Crippen LogP contribution in [0.1, 0.15) is 43.7 Å². The van der Waals surface area contributed by atoms with E-state index >= 15 is 0 Å². The first kappa shape index (κ1) is 20.3. The Morgan fingerprint density at radius 3 is 2.17 bits per heavy atom. The fourth-order valence-corrected chi connectivity index (χ4v) is 3.94. The highest BCUT2D eigenvalue weighted by molar-refractivity contribution is 6.00. The largest absolute Gasteiger partial charge is 0.396 e. The van der Waals surface area contributed by atoms with Gasteiger partial charge in [-0.2, -0.15) is 0 Å². The van der Waals surface area contributed by atoms with Gasteiger partial charge in [0.15, 0.2) is 0 Å². The maximum Gasteiger partial charge on any atom is 0.0850 e. The molecular formula is C26H32O3. The monoisotopic (exact) mass is 392 g/mol. The Morgan fingerprint density at radius 1 is 0.828 bits per heavy atom. The smallest absolute Gasteiger partial charge is 0.0850 e. The average molecular weight is 393 g/mol. The normalized spacial score (nSPS) is 19.8. The van der Waals surface area contributed by atoms with Crippen molar-refractivity contribution in [1.29, 1.82) is 0 Å². The van der Waals surface area contributed by atoms with Gasteiger partial charge in [-0.1, -0.05) is 62.6 Å². The van der Waals surface area contributed by atoms with Crippen molar-refractivity contribution in [2.24, 2.45) is 0 Å². The van der Waals surface area contributed by atoms with Crippen LogP contribution in [-0.4, -0.2) is 37.1 Å². The predicted molar refractivity (Wildman–Crippen MR) is 120 cm³/mol. The number of hydrogen-bond donors (Lipinski definition) is 1. The van der Waals surface area contributed by atoms with Gasteiger partial charge in [0, 0.05) is 19.4 Å². The summed E-state index contributed by atoms with van der Waals surface area (Å²) in [4.78, 5) is 0. The third-order valence-electron chi connectivity index (χ3n) is 5.79. The van der Waals surface area contributed by atoms with Crippen LogP contribution >= 0.6 is 0 Å². The quantitative estimate of drug-likeness (QED) is 0.316. The van der Waals surface area contributed by atoms with Crippen LogP contribution in [0.3, 0.4) is 0 Å². The minimum atomic E-state index is 0.361. The van der Waals surface area contributed by atoms with Crippen LogP contribution in [0.15, 0.2) is 48.5 Å². The number of benzene rings is 3. The minimum Gasteiger partial charge on any atom is -0.396 e. The molecule has 2 heterocycles. The van der Waals surface area contributed by atoms with E-state index in [-0.39, 0.29) is 0 Å². The molecule has 2 fully saturated rings. The summed E-state index contributed by atoms with van der Waals surface area (Å²) >= 11 is 0. The van der Waals surface area contributed by atoms with Crippen molar-refractivity contribution in [2.75, 3.05) is 19.8 Å². The Hall–Kier alpha value is -1.94. The number of ether oxygens (including phenoxy) is 2. The molecule has 0 spiro atoms. The van der Waals surface area contributed by atoms with Crippen LogP contribution in [-0.2, 0) is 22.3 Å². The molecule has 5 rings (SSSR count). The molecule has 2 aliphatic heterocycles. The maximum atomic E-state index is 8.29. The Labute approximate surface area is 173 Å².